The highest BCUT2D eigenvalue weighted by Crippen LogP contribution is 2.19. The summed E-state index contributed by atoms with van der Waals surface area (Å²) < 4.78 is 5.60. The van der Waals surface area contributed by atoms with Crippen LogP contribution in [0.5, 0.6) is 0 Å². The first-order valence-electron chi connectivity index (χ1n) is 7.98. The second kappa shape index (κ2) is 9.95. The van der Waals surface area contributed by atoms with E-state index in [0.717, 1.165) is 24.2 Å². The first-order chi connectivity index (χ1) is 9.65. The highest BCUT2D eigenvalue weighted by Gasteiger charge is 2.10. The Balaban J connectivity index is 2.17. The monoisotopic (exact) mass is 278 g/mol. The van der Waals surface area contributed by atoms with Crippen molar-refractivity contribution in [3.63, 3.8) is 0 Å². The van der Waals surface area contributed by atoms with E-state index in [1.54, 1.807) is 0 Å². The van der Waals surface area contributed by atoms with Crippen LogP contribution in [0.1, 0.15) is 68.2 Å². The van der Waals surface area contributed by atoms with E-state index in [2.05, 4.69) is 19.1 Å². The zero-order valence-electron chi connectivity index (χ0n) is 13.3. The van der Waals surface area contributed by atoms with Gasteiger partial charge in [0.2, 0.25) is 0 Å². The molecule has 0 aromatic heterocycles. The lowest BCUT2D eigenvalue weighted by molar-refractivity contribution is 0.0341. The van der Waals surface area contributed by atoms with E-state index >= 15 is 0 Å². The van der Waals surface area contributed by atoms with Gasteiger partial charge in [0.05, 0.1) is 6.61 Å². The van der Waals surface area contributed by atoms with Crippen LogP contribution in [0.15, 0.2) is 18.2 Å². The van der Waals surface area contributed by atoms with Crippen molar-refractivity contribution in [1.29, 1.82) is 0 Å². The number of aliphatic hydroxyl groups is 1. The zero-order chi connectivity index (χ0) is 14.8. The topological polar surface area (TPSA) is 29.5 Å². The average Bonchev–Trinajstić information content (AvgIpc) is 2.44. The van der Waals surface area contributed by atoms with E-state index in [4.69, 9.17) is 4.74 Å². The number of aliphatic hydroxyl groups excluding tert-OH is 1. The van der Waals surface area contributed by atoms with Crippen LogP contribution < -0.4 is 0 Å². The summed E-state index contributed by atoms with van der Waals surface area (Å²) >= 11 is 0. The lowest BCUT2D eigenvalue weighted by Crippen LogP contribution is -2.09. The molecular weight excluding hydrogens is 248 g/mol. The molecule has 0 fully saturated rings. The van der Waals surface area contributed by atoms with E-state index in [0.29, 0.717) is 6.61 Å². The normalized spacial score (nSPS) is 12.6. The summed E-state index contributed by atoms with van der Waals surface area (Å²) in [5, 5.41) is 10.2. The third kappa shape index (κ3) is 6.53. The second-order valence-corrected chi connectivity index (χ2v) is 5.72. The Morgan fingerprint density at radius 2 is 1.75 bits per heavy atom. The molecule has 0 aliphatic carbocycles. The van der Waals surface area contributed by atoms with Crippen molar-refractivity contribution < 1.29 is 9.84 Å². The fraction of sp³-hybridized carbons (Fsp3) is 0.667. The third-order valence-electron chi connectivity index (χ3n) is 3.71. The molecule has 0 aliphatic heterocycles. The summed E-state index contributed by atoms with van der Waals surface area (Å²) in [5.74, 6) is 0. The predicted molar refractivity (Wildman–Crippen MR) is 85.1 cm³/mol. The van der Waals surface area contributed by atoms with Gasteiger partial charge in [-0.3, -0.25) is 0 Å². The Hall–Kier alpha value is -0.860. The standard InChI is InChI=1S/C18H30O2/c1-4-5-6-7-8-9-12-20-14-18(19)17-13-15(2)10-11-16(17)3/h10-11,13,18-19H,4-9,12,14H2,1-3H3. The number of hydrogen-bond acceptors (Lipinski definition) is 2. The number of rotatable bonds is 10. The molecule has 114 valence electrons. The molecule has 1 aromatic carbocycles. The minimum atomic E-state index is -0.505. The van der Waals surface area contributed by atoms with Crippen molar-refractivity contribution in [1.82, 2.24) is 0 Å². The molecule has 1 atom stereocenters. The Labute approximate surface area is 124 Å². The molecule has 2 nitrogen and oxygen atoms in total. The number of aryl methyl sites for hydroxylation is 2. The van der Waals surface area contributed by atoms with Gasteiger partial charge in [0.1, 0.15) is 6.10 Å². The van der Waals surface area contributed by atoms with Crippen molar-refractivity contribution in [2.24, 2.45) is 0 Å². The van der Waals surface area contributed by atoms with Gasteiger partial charge in [-0.2, -0.15) is 0 Å². The van der Waals surface area contributed by atoms with Crippen molar-refractivity contribution in [3.05, 3.63) is 34.9 Å². The molecule has 0 bridgehead atoms. The summed E-state index contributed by atoms with van der Waals surface area (Å²) in [7, 11) is 0. The van der Waals surface area contributed by atoms with Gasteiger partial charge in [0.25, 0.3) is 0 Å². The molecule has 0 saturated heterocycles. The van der Waals surface area contributed by atoms with Crippen LogP contribution in [0.25, 0.3) is 0 Å². The molecule has 0 saturated carbocycles. The highest BCUT2D eigenvalue weighted by molar-refractivity contribution is 5.32. The second-order valence-electron chi connectivity index (χ2n) is 5.72. The average molecular weight is 278 g/mol. The van der Waals surface area contributed by atoms with Gasteiger partial charge in [-0.25, -0.2) is 0 Å². The molecule has 0 radical (unpaired) electrons. The van der Waals surface area contributed by atoms with Crippen molar-refractivity contribution in [2.75, 3.05) is 13.2 Å². The third-order valence-corrected chi connectivity index (χ3v) is 3.71. The van der Waals surface area contributed by atoms with Gasteiger partial charge < -0.3 is 9.84 Å². The van der Waals surface area contributed by atoms with E-state index in [-0.39, 0.29) is 0 Å². The molecular formula is C18H30O2. The Morgan fingerprint density at radius 1 is 1.05 bits per heavy atom. The molecule has 1 aromatic rings. The van der Waals surface area contributed by atoms with Crippen molar-refractivity contribution >= 4 is 0 Å². The van der Waals surface area contributed by atoms with Crippen LogP contribution in [-0.4, -0.2) is 18.3 Å². The SMILES string of the molecule is CCCCCCCCOCC(O)c1cc(C)ccc1C. The van der Waals surface area contributed by atoms with Gasteiger partial charge >= 0.3 is 0 Å². The molecule has 1 N–H and O–H groups in total. The van der Waals surface area contributed by atoms with Gasteiger partial charge in [0.15, 0.2) is 0 Å². The maximum absolute atomic E-state index is 10.2. The van der Waals surface area contributed by atoms with Gasteiger partial charge in [-0.1, -0.05) is 62.8 Å². The van der Waals surface area contributed by atoms with E-state index in [1.807, 2.05) is 19.9 Å². The highest BCUT2D eigenvalue weighted by atomic mass is 16.5. The molecule has 1 unspecified atom stereocenters. The van der Waals surface area contributed by atoms with Crippen LogP contribution >= 0.6 is 0 Å². The first-order valence-corrected chi connectivity index (χ1v) is 7.98. The van der Waals surface area contributed by atoms with Crippen molar-refractivity contribution in [3.8, 4) is 0 Å². The number of ether oxygens (including phenoxy) is 1. The Kier molecular flexibility index (Phi) is 8.56. The maximum Gasteiger partial charge on any atom is 0.103 e. The minimum absolute atomic E-state index is 0.402. The van der Waals surface area contributed by atoms with Gasteiger partial charge in [-0.15, -0.1) is 0 Å². The van der Waals surface area contributed by atoms with Crippen LogP contribution in [0.4, 0.5) is 0 Å². The number of hydrogen-bond donors (Lipinski definition) is 1. The quantitative estimate of drug-likeness (QED) is 0.628. The molecule has 2 heteroatoms. The number of unbranched alkanes of at least 4 members (excludes halogenated alkanes) is 5. The largest absolute Gasteiger partial charge is 0.386 e. The summed E-state index contributed by atoms with van der Waals surface area (Å²) in [6, 6.07) is 6.18. The smallest absolute Gasteiger partial charge is 0.103 e. The molecule has 20 heavy (non-hydrogen) atoms. The minimum Gasteiger partial charge on any atom is -0.386 e. The van der Waals surface area contributed by atoms with Gasteiger partial charge in [0, 0.05) is 6.61 Å². The Bertz CT molecular complexity index is 374. The fourth-order valence-electron chi connectivity index (χ4n) is 2.39. The van der Waals surface area contributed by atoms with Crippen LogP contribution in [-0.2, 0) is 4.74 Å². The van der Waals surface area contributed by atoms with E-state index in [9.17, 15) is 5.11 Å². The fourth-order valence-corrected chi connectivity index (χ4v) is 2.39. The predicted octanol–water partition coefficient (Wildman–Crippen LogP) is 4.71. The molecule has 1 rings (SSSR count). The molecule has 0 aliphatic rings. The van der Waals surface area contributed by atoms with Crippen LogP contribution in [0.2, 0.25) is 0 Å². The molecule has 0 spiro atoms. The summed E-state index contributed by atoms with van der Waals surface area (Å²) in [6.45, 7) is 7.48. The number of benzene rings is 1. The Morgan fingerprint density at radius 3 is 2.50 bits per heavy atom. The van der Waals surface area contributed by atoms with E-state index < -0.39 is 6.10 Å². The summed E-state index contributed by atoms with van der Waals surface area (Å²) in [5.41, 5.74) is 3.31. The van der Waals surface area contributed by atoms with E-state index in [1.165, 1.54) is 37.7 Å². The zero-order valence-corrected chi connectivity index (χ0v) is 13.3. The molecule has 0 amide bonds. The van der Waals surface area contributed by atoms with Crippen molar-refractivity contribution in [2.45, 2.75) is 65.4 Å². The first kappa shape index (κ1) is 17.2. The van der Waals surface area contributed by atoms with Crippen LogP contribution in [0.3, 0.4) is 0 Å². The lowest BCUT2D eigenvalue weighted by atomic mass is 10.0. The lowest BCUT2D eigenvalue weighted by Gasteiger charge is -2.15. The van der Waals surface area contributed by atoms with Gasteiger partial charge in [-0.05, 0) is 31.4 Å². The van der Waals surface area contributed by atoms with Crippen LogP contribution in [0, 0.1) is 13.8 Å². The molecule has 0 heterocycles. The summed E-state index contributed by atoms with van der Waals surface area (Å²) in [4.78, 5) is 0. The summed E-state index contributed by atoms with van der Waals surface area (Å²) in [6.07, 6.45) is 7.10. The maximum atomic E-state index is 10.2.